The highest BCUT2D eigenvalue weighted by Gasteiger charge is 2.31. The van der Waals surface area contributed by atoms with Gasteiger partial charge in [0.05, 0.1) is 11.1 Å². The summed E-state index contributed by atoms with van der Waals surface area (Å²) in [6.07, 6.45) is 2.18. The summed E-state index contributed by atoms with van der Waals surface area (Å²) in [6.45, 7) is 11.6. The van der Waals surface area contributed by atoms with Crippen LogP contribution >= 0.6 is 0 Å². The van der Waals surface area contributed by atoms with E-state index in [9.17, 15) is 18.0 Å². The third-order valence-electron chi connectivity index (χ3n) is 6.45. The van der Waals surface area contributed by atoms with Crippen molar-refractivity contribution in [2.45, 2.75) is 60.1 Å². The van der Waals surface area contributed by atoms with Crippen molar-refractivity contribution in [1.29, 1.82) is 0 Å². The summed E-state index contributed by atoms with van der Waals surface area (Å²) in [5, 5.41) is 2.91. The zero-order valence-corrected chi connectivity index (χ0v) is 19.9. The first-order valence-electron chi connectivity index (χ1n) is 11.3. The van der Waals surface area contributed by atoms with Crippen molar-refractivity contribution in [3.63, 3.8) is 0 Å². The van der Waals surface area contributed by atoms with Gasteiger partial charge in [0.25, 0.3) is 5.91 Å². The fourth-order valence-corrected chi connectivity index (χ4v) is 4.18. The molecule has 1 saturated heterocycles. The predicted octanol–water partition coefficient (Wildman–Crippen LogP) is 6.75. The summed E-state index contributed by atoms with van der Waals surface area (Å²) in [5.74, 6) is 0.366. The minimum atomic E-state index is -4.40. The number of carbonyl (C=O) groups excluding carboxylic acids is 1. The van der Waals surface area contributed by atoms with Crippen LogP contribution < -0.4 is 10.2 Å². The first kappa shape index (κ1) is 24.8. The molecule has 7 heteroatoms. The van der Waals surface area contributed by atoms with Crippen LogP contribution in [0.4, 0.5) is 19.0 Å². The lowest BCUT2D eigenvalue weighted by Gasteiger charge is -2.27. The smallest absolute Gasteiger partial charge is 0.356 e. The molecule has 0 aliphatic carbocycles. The summed E-state index contributed by atoms with van der Waals surface area (Å²) < 4.78 is 39.0. The van der Waals surface area contributed by atoms with E-state index in [2.05, 4.69) is 29.0 Å². The van der Waals surface area contributed by atoms with Gasteiger partial charge >= 0.3 is 6.18 Å². The maximum Gasteiger partial charge on any atom is 0.416 e. The number of allylic oxidation sites excluding steroid dienone is 2. The Morgan fingerprint density at radius 2 is 1.82 bits per heavy atom. The lowest BCUT2D eigenvalue weighted by molar-refractivity contribution is -0.137. The highest BCUT2D eigenvalue weighted by molar-refractivity contribution is 6.02. The number of alkyl halides is 3. The third kappa shape index (κ3) is 5.75. The molecule has 2 heterocycles. The van der Waals surface area contributed by atoms with Crippen molar-refractivity contribution in [3.8, 4) is 11.1 Å². The van der Waals surface area contributed by atoms with Crippen LogP contribution in [0.5, 0.6) is 0 Å². The normalized spacial score (nSPS) is 17.0. The minimum absolute atomic E-state index is 0.230. The first-order chi connectivity index (χ1) is 15.4. The molecule has 0 bridgehead atoms. The largest absolute Gasteiger partial charge is 0.416 e. The predicted molar refractivity (Wildman–Crippen MR) is 126 cm³/mol. The highest BCUT2D eigenvalue weighted by atomic mass is 19.4. The number of aromatic nitrogens is 1. The maximum absolute atomic E-state index is 13.3. The van der Waals surface area contributed by atoms with Crippen LogP contribution in [-0.4, -0.2) is 24.0 Å². The number of pyridine rings is 1. The van der Waals surface area contributed by atoms with Gasteiger partial charge in [-0.15, -0.1) is 0 Å². The number of rotatable bonds is 4. The Hall–Kier alpha value is -2.83. The molecule has 1 fully saturated rings. The molecular formula is C26H32F3N3O. The summed E-state index contributed by atoms with van der Waals surface area (Å²) in [4.78, 5) is 20.2. The number of anilines is 1. The van der Waals surface area contributed by atoms with Crippen LogP contribution in [0, 0.1) is 12.3 Å². The van der Waals surface area contributed by atoms with Crippen LogP contribution in [0.25, 0.3) is 11.1 Å². The zero-order chi connectivity index (χ0) is 24.4. The summed E-state index contributed by atoms with van der Waals surface area (Å²) >= 11 is 0. The second-order valence-electron chi connectivity index (χ2n) is 9.50. The van der Waals surface area contributed by atoms with E-state index >= 15 is 0 Å². The van der Waals surface area contributed by atoms with E-state index in [1.54, 1.807) is 6.20 Å². The molecule has 1 amide bonds. The summed E-state index contributed by atoms with van der Waals surface area (Å²) in [7, 11) is 0. The molecule has 178 valence electrons. The van der Waals surface area contributed by atoms with E-state index in [-0.39, 0.29) is 11.3 Å². The van der Waals surface area contributed by atoms with Crippen LogP contribution in [0.15, 0.2) is 42.2 Å². The SMILES string of the molecule is C/C=C(\C)NC(=O)c1c(N2CCCC(C)(C)CC2)ncc(-c2ccc(C(F)(F)F)cc2)c1C. The fraction of sp³-hybridized carbons (Fsp3) is 0.462. The van der Waals surface area contributed by atoms with E-state index in [4.69, 9.17) is 0 Å². The quantitative estimate of drug-likeness (QED) is 0.550. The lowest BCUT2D eigenvalue weighted by Crippen LogP contribution is -2.31. The molecule has 1 aromatic carbocycles. The average Bonchev–Trinajstić information content (AvgIpc) is 2.93. The Labute approximate surface area is 193 Å². The van der Waals surface area contributed by atoms with E-state index < -0.39 is 11.7 Å². The van der Waals surface area contributed by atoms with Crippen molar-refractivity contribution in [2.24, 2.45) is 5.41 Å². The van der Waals surface area contributed by atoms with Gasteiger partial charge < -0.3 is 10.2 Å². The fourth-order valence-electron chi connectivity index (χ4n) is 4.18. The van der Waals surface area contributed by atoms with Gasteiger partial charge in [0.15, 0.2) is 0 Å². The van der Waals surface area contributed by atoms with Gasteiger partial charge in [-0.3, -0.25) is 4.79 Å². The van der Waals surface area contributed by atoms with Crippen LogP contribution in [0.1, 0.15) is 68.4 Å². The molecular weight excluding hydrogens is 427 g/mol. The van der Waals surface area contributed by atoms with E-state index in [0.717, 1.165) is 50.2 Å². The van der Waals surface area contributed by atoms with Crippen LogP contribution in [0.3, 0.4) is 0 Å². The van der Waals surface area contributed by atoms with Gasteiger partial charge in [0, 0.05) is 30.5 Å². The Kier molecular flexibility index (Phi) is 7.20. The van der Waals surface area contributed by atoms with Gasteiger partial charge in [0.1, 0.15) is 5.82 Å². The van der Waals surface area contributed by atoms with E-state index in [1.165, 1.54) is 12.1 Å². The monoisotopic (exact) mass is 459 g/mol. The number of hydrogen-bond donors (Lipinski definition) is 1. The summed E-state index contributed by atoms with van der Waals surface area (Å²) in [5.41, 5.74) is 2.65. The summed E-state index contributed by atoms with van der Waals surface area (Å²) in [6, 6.07) is 4.98. The van der Waals surface area contributed by atoms with E-state index in [0.29, 0.717) is 28.1 Å². The second kappa shape index (κ2) is 9.57. The molecule has 2 aromatic rings. The van der Waals surface area contributed by atoms with Crippen molar-refractivity contribution >= 4 is 11.7 Å². The van der Waals surface area contributed by atoms with Crippen LogP contribution in [-0.2, 0) is 6.18 Å². The molecule has 1 aliphatic heterocycles. The van der Waals surface area contributed by atoms with Gasteiger partial charge in [-0.25, -0.2) is 4.98 Å². The molecule has 33 heavy (non-hydrogen) atoms. The lowest BCUT2D eigenvalue weighted by atomic mass is 9.85. The number of nitrogens with one attached hydrogen (secondary N) is 1. The minimum Gasteiger partial charge on any atom is -0.356 e. The molecule has 0 saturated carbocycles. The van der Waals surface area contributed by atoms with Crippen molar-refractivity contribution < 1.29 is 18.0 Å². The molecule has 0 unspecified atom stereocenters. The molecule has 4 nitrogen and oxygen atoms in total. The molecule has 0 spiro atoms. The number of carbonyl (C=O) groups is 1. The number of nitrogens with zero attached hydrogens (tertiary/aromatic N) is 2. The van der Waals surface area contributed by atoms with Crippen molar-refractivity contribution in [1.82, 2.24) is 10.3 Å². The van der Waals surface area contributed by atoms with E-state index in [1.807, 2.05) is 26.8 Å². The first-order valence-corrected chi connectivity index (χ1v) is 11.3. The van der Waals surface area contributed by atoms with Gasteiger partial charge in [0.2, 0.25) is 0 Å². The Bertz CT molecular complexity index is 1040. The van der Waals surface area contributed by atoms with Gasteiger partial charge in [-0.2, -0.15) is 13.2 Å². The average molecular weight is 460 g/mol. The highest BCUT2D eigenvalue weighted by Crippen LogP contribution is 2.36. The van der Waals surface area contributed by atoms with Crippen LogP contribution in [0.2, 0.25) is 0 Å². The molecule has 3 rings (SSSR count). The molecule has 1 N–H and O–H groups in total. The Morgan fingerprint density at radius 3 is 2.42 bits per heavy atom. The van der Waals surface area contributed by atoms with Gasteiger partial charge in [-0.05, 0) is 68.7 Å². The Morgan fingerprint density at radius 1 is 1.15 bits per heavy atom. The molecule has 0 radical (unpaired) electrons. The number of amides is 1. The zero-order valence-electron chi connectivity index (χ0n) is 19.9. The maximum atomic E-state index is 13.3. The molecule has 1 aromatic heterocycles. The number of halogens is 3. The molecule has 0 atom stereocenters. The van der Waals surface area contributed by atoms with Crippen molar-refractivity contribution in [2.75, 3.05) is 18.0 Å². The Balaban J connectivity index is 2.07. The van der Waals surface area contributed by atoms with Gasteiger partial charge in [-0.1, -0.05) is 32.1 Å². The standard InChI is InChI=1S/C26H32F3N3O/c1-6-17(2)31-24(33)22-18(3)21(19-8-10-20(11-9-19)26(27,28)29)16-30-23(22)32-14-7-12-25(4,5)13-15-32/h6,8-11,16H,7,12-15H2,1-5H3,(H,31,33)/b17-6+. The van der Waals surface area contributed by atoms with Crippen molar-refractivity contribution in [3.05, 3.63) is 58.9 Å². The second-order valence-corrected chi connectivity index (χ2v) is 9.50. The third-order valence-corrected chi connectivity index (χ3v) is 6.45. The number of hydrogen-bond acceptors (Lipinski definition) is 3. The molecule has 1 aliphatic rings. The number of benzene rings is 1. The topological polar surface area (TPSA) is 45.2 Å².